The number of benzene rings is 1. The predicted octanol–water partition coefficient (Wildman–Crippen LogP) is 0.522. The molecule has 3 rings (SSSR count). The van der Waals surface area contributed by atoms with E-state index in [-0.39, 0.29) is 18.4 Å². The zero-order valence-corrected chi connectivity index (χ0v) is 9.96. The van der Waals surface area contributed by atoms with E-state index < -0.39 is 0 Å². The molecule has 2 aliphatic heterocycles. The molecule has 0 spiro atoms. The number of carbonyl (C=O) groups excluding carboxylic acids is 1. The monoisotopic (exact) mass is 249 g/mol. The molecule has 5 nitrogen and oxygen atoms in total. The maximum Gasteiger partial charge on any atom is 0.254 e. The Morgan fingerprint density at radius 2 is 2.00 bits per heavy atom. The van der Waals surface area contributed by atoms with E-state index in [0.717, 1.165) is 0 Å². The second kappa shape index (κ2) is 4.49. The summed E-state index contributed by atoms with van der Waals surface area (Å²) in [6.45, 7) is 2.46. The molecule has 1 aromatic carbocycles. The standard InChI is InChI=1S/C13H15NO4/c15-8-9-6-14(7-9)13(16)10-1-2-11-12(5-10)18-4-3-17-11/h1-2,5,9,15H,3-4,6-8H2. The predicted molar refractivity (Wildman–Crippen MR) is 63.9 cm³/mol. The Morgan fingerprint density at radius 1 is 1.28 bits per heavy atom. The number of fused-ring (bicyclic) bond motifs is 1. The molecular weight excluding hydrogens is 234 g/mol. The molecule has 0 saturated carbocycles. The average Bonchev–Trinajstić information content (AvgIpc) is 2.37. The van der Waals surface area contributed by atoms with Crippen molar-refractivity contribution in [2.75, 3.05) is 32.9 Å². The number of amides is 1. The van der Waals surface area contributed by atoms with Crippen LogP contribution in [0.4, 0.5) is 0 Å². The van der Waals surface area contributed by atoms with Crippen molar-refractivity contribution < 1.29 is 19.4 Å². The summed E-state index contributed by atoms with van der Waals surface area (Å²) in [6, 6.07) is 5.25. The maximum absolute atomic E-state index is 12.1. The Bertz CT molecular complexity index is 468. The minimum Gasteiger partial charge on any atom is -0.486 e. The highest BCUT2D eigenvalue weighted by atomic mass is 16.6. The van der Waals surface area contributed by atoms with Crippen LogP contribution in [0.1, 0.15) is 10.4 Å². The van der Waals surface area contributed by atoms with E-state index in [1.807, 2.05) is 0 Å². The summed E-state index contributed by atoms with van der Waals surface area (Å²) in [6.07, 6.45) is 0. The minimum absolute atomic E-state index is 0.0170. The number of hydrogen-bond acceptors (Lipinski definition) is 4. The molecule has 2 aliphatic rings. The molecule has 0 aromatic heterocycles. The van der Waals surface area contributed by atoms with E-state index >= 15 is 0 Å². The van der Waals surface area contributed by atoms with Gasteiger partial charge in [-0.05, 0) is 18.2 Å². The Morgan fingerprint density at radius 3 is 2.72 bits per heavy atom. The van der Waals surface area contributed by atoms with Crippen LogP contribution in [0.25, 0.3) is 0 Å². The lowest BCUT2D eigenvalue weighted by molar-refractivity contribution is 0.0361. The molecule has 1 fully saturated rings. The Labute approximate surface area is 105 Å². The molecule has 96 valence electrons. The summed E-state index contributed by atoms with van der Waals surface area (Å²) in [5.41, 5.74) is 0.607. The second-order valence-electron chi connectivity index (χ2n) is 4.62. The number of ether oxygens (including phenoxy) is 2. The van der Waals surface area contributed by atoms with E-state index in [4.69, 9.17) is 14.6 Å². The van der Waals surface area contributed by atoms with Crippen molar-refractivity contribution in [3.63, 3.8) is 0 Å². The fourth-order valence-corrected chi connectivity index (χ4v) is 2.21. The first kappa shape index (κ1) is 11.3. The van der Waals surface area contributed by atoms with E-state index in [0.29, 0.717) is 43.4 Å². The number of hydrogen-bond donors (Lipinski definition) is 1. The molecule has 0 radical (unpaired) electrons. The Hall–Kier alpha value is -1.75. The second-order valence-corrected chi connectivity index (χ2v) is 4.62. The van der Waals surface area contributed by atoms with Crippen LogP contribution in [0.5, 0.6) is 11.5 Å². The summed E-state index contributed by atoms with van der Waals surface area (Å²) >= 11 is 0. The van der Waals surface area contributed by atoms with Crippen LogP contribution in [0.3, 0.4) is 0 Å². The highest BCUT2D eigenvalue weighted by Crippen LogP contribution is 2.31. The fourth-order valence-electron chi connectivity index (χ4n) is 2.21. The summed E-state index contributed by atoms with van der Waals surface area (Å²) in [7, 11) is 0. The SMILES string of the molecule is O=C(c1ccc2c(c1)OCCO2)N1CC(CO)C1. The number of aliphatic hydroxyl groups is 1. The number of likely N-dealkylation sites (tertiary alicyclic amines) is 1. The summed E-state index contributed by atoms with van der Waals surface area (Å²) < 4.78 is 10.9. The van der Waals surface area contributed by atoms with Gasteiger partial charge in [-0.2, -0.15) is 0 Å². The molecule has 0 atom stereocenters. The maximum atomic E-state index is 12.1. The van der Waals surface area contributed by atoms with Gasteiger partial charge in [-0.15, -0.1) is 0 Å². The van der Waals surface area contributed by atoms with E-state index in [1.54, 1.807) is 23.1 Å². The van der Waals surface area contributed by atoms with Crippen molar-refractivity contribution in [2.45, 2.75) is 0 Å². The molecule has 5 heteroatoms. The van der Waals surface area contributed by atoms with Crippen LogP contribution in [0, 0.1) is 5.92 Å². The summed E-state index contributed by atoms with van der Waals surface area (Å²) in [5, 5.41) is 8.94. The van der Waals surface area contributed by atoms with Crippen molar-refractivity contribution in [1.82, 2.24) is 4.90 Å². The van der Waals surface area contributed by atoms with Gasteiger partial charge in [0.25, 0.3) is 5.91 Å². The van der Waals surface area contributed by atoms with Gasteiger partial charge in [0.1, 0.15) is 13.2 Å². The van der Waals surface area contributed by atoms with Crippen LogP contribution >= 0.6 is 0 Å². The lowest BCUT2D eigenvalue weighted by Crippen LogP contribution is -2.51. The first-order chi connectivity index (χ1) is 8.78. The van der Waals surface area contributed by atoms with Gasteiger partial charge < -0.3 is 19.5 Å². The normalized spacial score (nSPS) is 18.4. The Kier molecular flexibility index (Phi) is 2.83. The topological polar surface area (TPSA) is 59.0 Å². The van der Waals surface area contributed by atoms with Crippen LogP contribution in [-0.4, -0.2) is 48.8 Å². The number of aliphatic hydroxyl groups excluding tert-OH is 1. The third kappa shape index (κ3) is 1.90. The molecule has 1 aromatic rings. The van der Waals surface area contributed by atoms with Crippen molar-refractivity contribution >= 4 is 5.91 Å². The number of nitrogens with zero attached hydrogens (tertiary/aromatic N) is 1. The van der Waals surface area contributed by atoms with Gasteiger partial charge in [-0.3, -0.25) is 4.79 Å². The van der Waals surface area contributed by atoms with Crippen LogP contribution in [-0.2, 0) is 0 Å². The zero-order valence-electron chi connectivity index (χ0n) is 9.96. The van der Waals surface area contributed by atoms with Crippen molar-refractivity contribution in [3.05, 3.63) is 23.8 Å². The lowest BCUT2D eigenvalue weighted by atomic mass is 10.00. The number of carbonyl (C=O) groups is 1. The van der Waals surface area contributed by atoms with Gasteiger partial charge in [-0.1, -0.05) is 0 Å². The van der Waals surface area contributed by atoms with Gasteiger partial charge in [0, 0.05) is 31.2 Å². The molecule has 0 aliphatic carbocycles. The summed E-state index contributed by atoms with van der Waals surface area (Å²) in [5.74, 6) is 1.53. The average molecular weight is 249 g/mol. The third-order valence-electron chi connectivity index (χ3n) is 3.29. The molecule has 0 unspecified atom stereocenters. The Balaban J connectivity index is 1.74. The van der Waals surface area contributed by atoms with Crippen LogP contribution < -0.4 is 9.47 Å². The fraction of sp³-hybridized carbons (Fsp3) is 0.462. The van der Waals surface area contributed by atoms with Gasteiger partial charge >= 0.3 is 0 Å². The van der Waals surface area contributed by atoms with E-state index in [2.05, 4.69) is 0 Å². The first-order valence-corrected chi connectivity index (χ1v) is 6.07. The van der Waals surface area contributed by atoms with Crippen molar-refractivity contribution in [2.24, 2.45) is 5.92 Å². The van der Waals surface area contributed by atoms with Gasteiger partial charge in [0.2, 0.25) is 0 Å². The largest absolute Gasteiger partial charge is 0.486 e. The summed E-state index contributed by atoms with van der Waals surface area (Å²) in [4.78, 5) is 13.9. The zero-order chi connectivity index (χ0) is 12.5. The van der Waals surface area contributed by atoms with Crippen LogP contribution in [0.15, 0.2) is 18.2 Å². The molecular formula is C13H15NO4. The molecule has 18 heavy (non-hydrogen) atoms. The van der Waals surface area contributed by atoms with Gasteiger partial charge in [0.05, 0.1) is 0 Å². The molecule has 0 bridgehead atoms. The van der Waals surface area contributed by atoms with Crippen molar-refractivity contribution in [3.8, 4) is 11.5 Å². The smallest absolute Gasteiger partial charge is 0.254 e. The molecule has 1 N–H and O–H groups in total. The first-order valence-electron chi connectivity index (χ1n) is 6.07. The van der Waals surface area contributed by atoms with E-state index in [9.17, 15) is 4.79 Å². The highest BCUT2D eigenvalue weighted by Gasteiger charge is 2.31. The third-order valence-corrected chi connectivity index (χ3v) is 3.29. The molecule has 2 heterocycles. The molecule has 1 amide bonds. The van der Waals surface area contributed by atoms with Crippen LogP contribution in [0.2, 0.25) is 0 Å². The van der Waals surface area contributed by atoms with Gasteiger partial charge in [0.15, 0.2) is 11.5 Å². The lowest BCUT2D eigenvalue weighted by Gasteiger charge is -2.38. The minimum atomic E-state index is -0.0170. The van der Waals surface area contributed by atoms with Crippen molar-refractivity contribution in [1.29, 1.82) is 0 Å². The van der Waals surface area contributed by atoms with Gasteiger partial charge in [-0.25, -0.2) is 0 Å². The molecule has 1 saturated heterocycles. The van der Waals surface area contributed by atoms with E-state index in [1.165, 1.54) is 0 Å². The highest BCUT2D eigenvalue weighted by molar-refractivity contribution is 5.95. The number of rotatable bonds is 2. The quantitative estimate of drug-likeness (QED) is 0.830.